The van der Waals surface area contributed by atoms with Gasteiger partial charge in [-0.05, 0) is 50.8 Å². The standard InChI is InChI=1S/C13H20N2O.ClH/c1-2-9-15-13(7-1)16-10-4-6-12-5-3-8-14-11-12;/h1-2,7,9,12,14H,3-6,8,10-11H2;1H. The Balaban J connectivity index is 0.00000144. The predicted octanol–water partition coefficient (Wildman–Crippen LogP) is 2.66. The van der Waals surface area contributed by atoms with Crippen molar-refractivity contribution < 1.29 is 4.74 Å². The summed E-state index contributed by atoms with van der Waals surface area (Å²) in [6.45, 7) is 3.16. The lowest BCUT2D eigenvalue weighted by Gasteiger charge is -2.22. The summed E-state index contributed by atoms with van der Waals surface area (Å²) in [6, 6.07) is 5.76. The average Bonchev–Trinajstić information content (AvgIpc) is 2.37. The van der Waals surface area contributed by atoms with E-state index < -0.39 is 0 Å². The molecule has 4 heteroatoms. The molecule has 0 radical (unpaired) electrons. The van der Waals surface area contributed by atoms with E-state index in [-0.39, 0.29) is 12.4 Å². The van der Waals surface area contributed by atoms with Crippen LogP contribution in [0.25, 0.3) is 0 Å². The summed E-state index contributed by atoms with van der Waals surface area (Å²) in [4.78, 5) is 4.13. The van der Waals surface area contributed by atoms with Crippen LogP contribution in [0.2, 0.25) is 0 Å². The lowest BCUT2D eigenvalue weighted by Crippen LogP contribution is -2.29. The van der Waals surface area contributed by atoms with Gasteiger partial charge in [0.05, 0.1) is 6.61 Å². The van der Waals surface area contributed by atoms with Crippen LogP contribution in [0.4, 0.5) is 0 Å². The molecule has 3 nitrogen and oxygen atoms in total. The van der Waals surface area contributed by atoms with Crippen molar-refractivity contribution in [3.05, 3.63) is 24.4 Å². The number of pyridine rings is 1. The molecule has 96 valence electrons. The van der Waals surface area contributed by atoms with E-state index >= 15 is 0 Å². The molecule has 1 aromatic heterocycles. The number of aromatic nitrogens is 1. The molecule has 1 aromatic rings. The fourth-order valence-corrected chi connectivity index (χ4v) is 2.15. The quantitative estimate of drug-likeness (QED) is 0.823. The number of hydrogen-bond acceptors (Lipinski definition) is 3. The highest BCUT2D eigenvalue weighted by molar-refractivity contribution is 5.85. The van der Waals surface area contributed by atoms with Crippen LogP contribution < -0.4 is 10.1 Å². The minimum absolute atomic E-state index is 0. The van der Waals surface area contributed by atoms with Crippen molar-refractivity contribution in [2.45, 2.75) is 25.7 Å². The van der Waals surface area contributed by atoms with Crippen LogP contribution >= 0.6 is 12.4 Å². The molecule has 1 aliphatic rings. The molecule has 0 spiro atoms. The van der Waals surface area contributed by atoms with E-state index in [1.165, 1.54) is 32.4 Å². The van der Waals surface area contributed by atoms with Gasteiger partial charge >= 0.3 is 0 Å². The molecule has 2 rings (SSSR count). The zero-order chi connectivity index (χ0) is 11.1. The van der Waals surface area contributed by atoms with E-state index in [9.17, 15) is 0 Å². The van der Waals surface area contributed by atoms with Crippen molar-refractivity contribution >= 4 is 12.4 Å². The maximum Gasteiger partial charge on any atom is 0.213 e. The molecule has 0 aromatic carbocycles. The predicted molar refractivity (Wildman–Crippen MR) is 71.8 cm³/mol. The van der Waals surface area contributed by atoms with Gasteiger partial charge in [-0.1, -0.05) is 6.07 Å². The minimum atomic E-state index is 0. The number of rotatable bonds is 5. The van der Waals surface area contributed by atoms with Crippen LogP contribution in [0.15, 0.2) is 24.4 Å². The number of nitrogens with one attached hydrogen (secondary N) is 1. The lowest BCUT2D eigenvalue weighted by atomic mass is 9.95. The van der Waals surface area contributed by atoms with E-state index in [4.69, 9.17) is 4.74 Å². The number of ether oxygens (including phenoxy) is 1. The Labute approximate surface area is 109 Å². The average molecular weight is 257 g/mol. The first-order chi connectivity index (χ1) is 7.95. The van der Waals surface area contributed by atoms with Crippen molar-refractivity contribution in [3.63, 3.8) is 0 Å². The summed E-state index contributed by atoms with van der Waals surface area (Å²) in [5, 5.41) is 3.44. The van der Waals surface area contributed by atoms with Crippen molar-refractivity contribution in [1.29, 1.82) is 0 Å². The molecule has 0 saturated carbocycles. The molecule has 1 N–H and O–H groups in total. The summed E-state index contributed by atoms with van der Waals surface area (Å²) in [7, 11) is 0. The molecule has 0 amide bonds. The first-order valence-electron chi connectivity index (χ1n) is 6.20. The van der Waals surface area contributed by atoms with Gasteiger partial charge < -0.3 is 10.1 Å². The third-order valence-electron chi connectivity index (χ3n) is 3.04. The maximum absolute atomic E-state index is 5.57. The van der Waals surface area contributed by atoms with Gasteiger partial charge in [-0.25, -0.2) is 4.98 Å². The molecule has 1 atom stereocenters. The molecule has 1 unspecified atom stereocenters. The van der Waals surface area contributed by atoms with Crippen molar-refractivity contribution in [3.8, 4) is 5.88 Å². The summed E-state index contributed by atoms with van der Waals surface area (Å²) in [5.41, 5.74) is 0. The van der Waals surface area contributed by atoms with Crippen LogP contribution in [0, 0.1) is 5.92 Å². The molecule has 17 heavy (non-hydrogen) atoms. The smallest absolute Gasteiger partial charge is 0.213 e. The van der Waals surface area contributed by atoms with Crippen molar-refractivity contribution in [1.82, 2.24) is 10.3 Å². The van der Waals surface area contributed by atoms with Crippen LogP contribution in [0.3, 0.4) is 0 Å². The summed E-state index contributed by atoms with van der Waals surface area (Å²) >= 11 is 0. The van der Waals surface area contributed by atoms with Crippen LogP contribution in [0.5, 0.6) is 5.88 Å². The van der Waals surface area contributed by atoms with Crippen LogP contribution in [0.1, 0.15) is 25.7 Å². The normalized spacial score (nSPS) is 19.4. The second kappa shape index (κ2) is 8.31. The fourth-order valence-electron chi connectivity index (χ4n) is 2.15. The lowest BCUT2D eigenvalue weighted by molar-refractivity contribution is 0.268. The van der Waals surface area contributed by atoms with Crippen molar-refractivity contribution in [2.75, 3.05) is 19.7 Å². The highest BCUT2D eigenvalue weighted by Gasteiger charge is 2.11. The Hall–Kier alpha value is -0.800. The van der Waals surface area contributed by atoms with Gasteiger partial charge in [-0.2, -0.15) is 0 Å². The molecule has 2 heterocycles. The van der Waals surface area contributed by atoms with E-state index in [0.29, 0.717) is 0 Å². The molecular formula is C13H21ClN2O. The maximum atomic E-state index is 5.57. The number of nitrogens with zero attached hydrogens (tertiary/aromatic N) is 1. The Bertz CT molecular complexity index is 289. The van der Waals surface area contributed by atoms with Crippen molar-refractivity contribution in [2.24, 2.45) is 5.92 Å². The fraction of sp³-hybridized carbons (Fsp3) is 0.615. The van der Waals surface area contributed by atoms with Gasteiger partial charge in [0.1, 0.15) is 0 Å². The zero-order valence-electron chi connectivity index (χ0n) is 10.1. The van der Waals surface area contributed by atoms with Gasteiger partial charge in [-0.3, -0.25) is 0 Å². The van der Waals surface area contributed by atoms with Crippen LogP contribution in [-0.4, -0.2) is 24.7 Å². The van der Waals surface area contributed by atoms with Gasteiger partial charge in [0.2, 0.25) is 5.88 Å². The molecule has 0 bridgehead atoms. The number of piperidine rings is 1. The van der Waals surface area contributed by atoms with E-state index in [1.54, 1.807) is 6.20 Å². The van der Waals surface area contributed by atoms with E-state index in [0.717, 1.165) is 24.8 Å². The number of hydrogen-bond donors (Lipinski definition) is 1. The second-order valence-electron chi connectivity index (χ2n) is 4.37. The van der Waals surface area contributed by atoms with E-state index in [2.05, 4.69) is 10.3 Å². The SMILES string of the molecule is Cl.c1ccc(OCCCC2CCCNC2)nc1. The molecule has 1 saturated heterocycles. The second-order valence-corrected chi connectivity index (χ2v) is 4.37. The molecule has 1 aliphatic heterocycles. The highest BCUT2D eigenvalue weighted by atomic mass is 35.5. The molecule has 0 aliphatic carbocycles. The zero-order valence-corrected chi connectivity index (χ0v) is 10.9. The summed E-state index contributed by atoms with van der Waals surface area (Å²) in [5.74, 6) is 1.59. The monoisotopic (exact) mass is 256 g/mol. The van der Waals surface area contributed by atoms with Crippen LogP contribution in [-0.2, 0) is 0 Å². The first-order valence-corrected chi connectivity index (χ1v) is 6.20. The third-order valence-corrected chi connectivity index (χ3v) is 3.04. The van der Waals surface area contributed by atoms with E-state index in [1.807, 2.05) is 18.2 Å². The number of halogens is 1. The third kappa shape index (κ3) is 5.37. The Morgan fingerprint density at radius 1 is 1.41 bits per heavy atom. The minimum Gasteiger partial charge on any atom is -0.478 e. The summed E-state index contributed by atoms with van der Waals surface area (Å²) < 4.78 is 5.57. The Morgan fingerprint density at radius 3 is 3.06 bits per heavy atom. The van der Waals surface area contributed by atoms with Gasteiger partial charge in [0, 0.05) is 12.3 Å². The molecular weight excluding hydrogens is 236 g/mol. The summed E-state index contributed by atoms with van der Waals surface area (Å²) in [6.07, 6.45) is 6.85. The largest absolute Gasteiger partial charge is 0.478 e. The first kappa shape index (κ1) is 14.3. The molecule has 1 fully saturated rings. The topological polar surface area (TPSA) is 34.1 Å². The Morgan fingerprint density at radius 2 is 2.35 bits per heavy atom. The Kier molecular flexibility index (Phi) is 6.97. The highest BCUT2D eigenvalue weighted by Crippen LogP contribution is 2.16. The van der Waals surface area contributed by atoms with Gasteiger partial charge in [0.15, 0.2) is 0 Å². The van der Waals surface area contributed by atoms with Gasteiger partial charge in [-0.15, -0.1) is 12.4 Å². The van der Waals surface area contributed by atoms with Gasteiger partial charge in [0.25, 0.3) is 0 Å².